The van der Waals surface area contributed by atoms with Crippen LogP contribution >= 0.6 is 11.6 Å². The summed E-state index contributed by atoms with van der Waals surface area (Å²) in [4.78, 5) is 2.27. The van der Waals surface area contributed by atoms with Crippen molar-refractivity contribution in [3.63, 3.8) is 0 Å². The van der Waals surface area contributed by atoms with Crippen LogP contribution in [-0.2, 0) is 6.42 Å². The van der Waals surface area contributed by atoms with Crippen molar-refractivity contribution in [1.29, 1.82) is 0 Å². The Hall–Kier alpha value is -2.75. The minimum absolute atomic E-state index is 0.193. The first kappa shape index (κ1) is 23.0. The van der Waals surface area contributed by atoms with Gasteiger partial charge in [0.2, 0.25) is 0 Å². The predicted molar refractivity (Wildman–Crippen MR) is 138 cm³/mol. The molecule has 0 aromatic heterocycles. The Balaban J connectivity index is 1.52. The van der Waals surface area contributed by atoms with E-state index in [4.69, 9.17) is 11.6 Å². The van der Waals surface area contributed by atoms with Gasteiger partial charge in [-0.15, -0.1) is 0 Å². The number of allylic oxidation sites excluding steroid dienone is 1. The molecule has 1 aliphatic heterocycles. The molecule has 34 heavy (non-hydrogen) atoms. The highest BCUT2D eigenvalue weighted by molar-refractivity contribution is 6.33. The van der Waals surface area contributed by atoms with E-state index in [2.05, 4.69) is 59.5 Å². The fourth-order valence-electron chi connectivity index (χ4n) is 5.10. The fraction of sp³-hybridized carbons (Fsp3) is 0.267. The molecule has 2 aliphatic rings. The summed E-state index contributed by atoms with van der Waals surface area (Å²) < 4.78 is 26.8. The van der Waals surface area contributed by atoms with E-state index < -0.39 is 0 Å². The number of fused-ring (bicyclic) bond motifs is 1. The number of alkyl halides is 1. The molecule has 4 heteroatoms. The Morgan fingerprint density at radius 3 is 2.44 bits per heavy atom. The molecule has 174 valence electrons. The highest BCUT2D eigenvalue weighted by Gasteiger charge is 2.22. The molecule has 1 nitrogen and oxygen atoms in total. The summed E-state index contributed by atoms with van der Waals surface area (Å²) in [5, 5.41) is 0.193. The van der Waals surface area contributed by atoms with Gasteiger partial charge in [-0.3, -0.25) is 9.29 Å². The molecule has 1 fully saturated rings. The average Bonchev–Trinajstić information content (AvgIpc) is 3.02. The summed E-state index contributed by atoms with van der Waals surface area (Å²) in [6, 6.07) is 22.2. The third-order valence-corrected chi connectivity index (χ3v) is 7.15. The molecule has 0 spiro atoms. The zero-order valence-electron chi connectivity index (χ0n) is 19.2. The number of halogens is 3. The van der Waals surface area contributed by atoms with E-state index in [1.54, 1.807) is 6.07 Å². The molecule has 0 radical (unpaired) electrons. The lowest BCUT2D eigenvalue weighted by molar-refractivity contribution is 0.239. The Kier molecular flexibility index (Phi) is 6.94. The summed E-state index contributed by atoms with van der Waals surface area (Å²) in [5.41, 5.74) is 9.18. The molecule has 3 aromatic rings. The molecule has 0 bridgehead atoms. The summed E-state index contributed by atoms with van der Waals surface area (Å²) in [6.45, 7) is 2.41. The molecule has 0 saturated carbocycles. The Morgan fingerprint density at radius 2 is 1.65 bits per heavy atom. The third kappa shape index (κ3) is 4.73. The van der Waals surface area contributed by atoms with E-state index in [1.807, 2.05) is 6.07 Å². The van der Waals surface area contributed by atoms with Gasteiger partial charge in [-0.25, -0.2) is 4.39 Å². The maximum atomic E-state index is 14.4. The highest BCUT2D eigenvalue weighted by atomic mass is 35.5. The number of benzene rings is 3. The van der Waals surface area contributed by atoms with Gasteiger partial charge in [0.05, 0.1) is 11.7 Å². The van der Waals surface area contributed by atoms with Gasteiger partial charge in [-0.05, 0) is 76.3 Å². The van der Waals surface area contributed by atoms with E-state index in [-0.39, 0.29) is 17.5 Å². The lowest BCUT2D eigenvalue weighted by Crippen LogP contribution is -2.40. The van der Waals surface area contributed by atoms with Gasteiger partial charge in [0.25, 0.3) is 0 Å². The van der Waals surface area contributed by atoms with Gasteiger partial charge in [0, 0.05) is 19.6 Å². The first-order chi connectivity index (χ1) is 16.6. The molecule has 1 saturated heterocycles. The van der Waals surface area contributed by atoms with Gasteiger partial charge < -0.3 is 0 Å². The van der Waals surface area contributed by atoms with Crippen molar-refractivity contribution >= 4 is 28.8 Å². The molecule has 3 aromatic carbocycles. The van der Waals surface area contributed by atoms with Crippen LogP contribution in [0.5, 0.6) is 0 Å². The van der Waals surface area contributed by atoms with Crippen molar-refractivity contribution in [3.05, 3.63) is 111 Å². The van der Waals surface area contributed by atoms with Crippen LogP contribution < -0.4 is 0 Å². The molecule has 0 amide bonds. The minimum atomic E-state index is -0.383. The standard InChI is InChI=1S/C30H28ClF2N/c31-30-27(10-4-11-28(30)33)26-9-3-7-23-6-1-2-8-25(23)29(26)24-14-12-21(13-15-24)18-22-19-34(20-22)17-5-16-32/h1-2,4,6,8,10-15,18H,3,5,7,9,16-17,19-20H2. The van der Waals surface area contributed by atoms with Gasteiger partial charge in [0.15, 0.2) is 0 Å². The van der Waals surface area contributed by atoms with Gasteiger partial charge >= 0.3 is 0 Å². The maximum Gasteiger partial charge on any atom is 0.142 e. The second-order valence-electron chi connectivity index (χ2n) is 9.14. The normalized spacial score (nSPS) is 16.1. The molecular formula is C30H28ClF2N. The lowest BCUT2D eigenvalue weighted by Gasteiger charge is -2.33. The first-order valence-electron chi connectivity index (χ1n) is 12.0. The van der Waals surface area contributed by atoms with E-state index in [1.165, 1.54) is 22.8 Å². The number of hydrogen-bond donors (Lipinski definition) is 0. The van der Waals surface area contributed by atoms with E-state index in [0.29, 0.717) is 6.42 Å². The Morgan fingerprint density at radius 1 is 0.882 bits per heavy atom. The highest BCUT2D eigenvalue weighted by Crippen LogP contribution is 2.42. The van der Waals surface area contributed by atoms with Crippen LogP contribution in [0.4, 0.5) is 8.78 Å². The van der Waals surface area contributed by atoms with Gasteiger partial charge in [0.1, 0.15) is 5.82 Å². The average molecular weight is 476 g/mol. The van der Waals surface area contributed by atoms with Gasteiger partial charge in [-0.1, -0.05) is 78.3 Å². The molecule has 1 aliphatic carbocycles. The van der Waals surface area contributed by atoms with E-state index in [9.17, 15) is 8.78 Å². The molecule has 0 unspecified atom stereocenters. The smallest absolute Gasteiger partial charge is 0.142 e. The fourth-order valence-corrected chi connectivity index (χ4v) is 5.34. The zero-order valence-corrected chi connectivity index (χ0v) is 19.9. The zero-order chi connectivity index (χ0) is 23.5. The van der Waals surface area contributed by atoms with Crippen molar-refractivity contribution in [2.45, 2.75) is 25.7 Å². The van der Waals surface area contributed by atoms with Crippen LogP contribution in [0.2, 0.25) is 5.02 Å². The van der Waals surface area contributed by atoms with Gasteiger partial charge in [-0.2, -0.15) is 0 Å². The largest absolute Gasteiger partial charge is 0.295 e. The second-order valence-corrected chi connectivity index (χ2v) is 9.52. The SMILES string of the molecule is FCCCN1CC(=Cc2ccc(C3=C(c4cccc(F)c4Cl)CCCc4ccccc43)cc2)C1. The van der Waals surface area contributed by atoms with Crippen molar-refractivity contribution in [1.82, 2.24) is 4.90 Å². The summed E-state index contributed by atoms with van der Waals surface area (Å²) in [7, 11) is 0. The first-order valence-corrected chi connectivity index (χ1v) is 12.4. The van der Waals surface area contributed by atoms with Crippen LogP contribution in [0.15, 0.2) is 72.3 Å². The van der Waals surface area contributed by atoms with Crippen molar-refractivity contribution in [3.8, 4) is 0 Å². The maximum absolute atomic E-state index is 14.4. The number of nitrogens with zero attached hydrogens (tertiary/aromatic N) is 1. The Labute approximate surface area is 205 Å². The quantitative estimate of drug-likeness (QED) is 0.351. The topological polar surface area (TPSA) is 3.24 Å². The molecular weight excluding hydrogens is 448 g/mol. The minimum Gasteiger partial charge on any atom is -0.295 e. The molecule has 5 rings (SSSR count). The Bertz CT molecular complexity index is 1230. The molecule has 1 heterocycles. The van der Waals surface area contributed by atoms with Crippen molar-refractivity contribution in [2.75, 3.05) is 26.3 Å². The molecule has 0 atom stereocenters. The van der Waals surface area contributed by atoms with Crippen LogP contribution in [0.1, 0.15) is 47.1 Å². The van der Waals surface area contributed by atoms with E-state index in [0.717, 1.165) is 66.7 Å². The number of rotatable bonds is 6. The van der Waals surface area contributed by atoms with Crippen LogP contribution in [0.3, 0.4) is 0 Å². The number of aryl methyl sites for hydroxylation is 1. The second kappa shape index (κ2) is 10.2. The predicted octanol–water partition coefficient (Wildman–Crippen LogP) is 7.83. The number of likely N-dealkylation sites (tertiary alicyclic amines) is 1. The summed E-state index contributed by atoms with van der Waals surface area (Å²) >= 11 is 6.47. The van der Waals surface area contributed by atoms with Crippen LogP contribution in [0.25, 0.3) is 17.2 Å². The monoisotopic (exact) mass is 475 g/mol. The van der Waals surface area contributed by atoms with Crippen molar-refractivity contribution in [2.24, 2.45) is 0 Å². The van der Waals surface area contributed by atoms with E-state index >= 15 is 0 Å². The lowest BCUT2D eigenvalue weighted by atomic mass is 9.87. The van der Waals surface area contributed by atoms with Crippen molar-refractivity contribution < 1.29 is 8.78 Å². The van der Waals surface area contributed by atoms with Crippen LogP contribution in [0, 0.1) is 5.82 Å². The summed E-state index contributed by atoms with van der Waals surface area (Å²) in [5.74, 6) is -0.383. The van der Waals surface area contributed by atoms with Crippen LogP contribution in [-0.4, -0.2) is 31.2 Å². The number of hydrogen-bond acceptors (Lipinski definition) is 1. The summed E-state index contributed by atoms with van der Waals surface area (Å²) in [6.07, 6.45) is 5.66. The third-order valence-electron chi connectivity index (χ3n) is 6.77. The molecule has 0 N–H and O–H groups in total.